The minimum Gasteiger partial charge on any atom is -0.274 e. The lowest BCUT2D eigenvalue weighted by Crippen LogP contribution is -2.57. The molecule has 0 spiro atoms. The van der Waals surface area contributed by atoms with Crippen LogP contribution in [0, 0.1) is 22.0 Å². The van der Waals surface area contributed by atoms with E-state index in [9.17, 15) is 19.7 Å². The van der Waals surface area contributed by atoms with E-state index in [1.807, 2.05) is 24.3 Å². The van der Waals surface area contributed by atoms with Crippen LogP contribution in [0.15, 0.2) is 77.3 Å². The van der Waals surface area contributed by atoms with Crippen molar-refractivity contribution in [1.82, 2.24) is 0 Å². The number of nitrogens with zero attached hydrogens (tertiary/aromatic N) is 2. The number of benzene rings is 3. The van der Waals surface area contributed by atoms with Crippen molar-refractivity contribution >= 4 is 33.4 Å². The summed E-state index contributed by atoms with van der Waals surface area (Å²) in [7, 11) is 0. The largest absolute Gasteiger partial charge is 0.285 e. The van der Waals surface area contributed by atoms with Gasteiger partial charge in [0.15, 0.2) is 0 Å². The average molecular weight is 475 g/mol. The van der Waals surface area contributed by atoms with Crippen molar-refractivity contribution < 1.29 is 14.5 Å². The lowest BCUT2D eigenvalue weighted by Gasteiger charge is -2.48. The second-order valence-electron chi connectivity index (χ2n) is 8.17. The molecule has 3 aromatic carbocycles. The number of anilines is 1. The summed E-state index contributed by atoms with van der Waals surface area (Å²) in [6.45, 7) is 0. The van der Waals surface area contributed by atoms with Gasteiger partial charge in [0.2, 0.25) is 11.8 Å². The molecule has 1 fully saturated rings. The van der Waals surface area contributed by atoms with E-state index in [2.05, 4.69) is 15.9 Å². The number of amides is 2. The number of imide groups is 1. The third kappa shape index (κ3) is 2.07. The molecule has 1 heterocycles. The first-order valence-electron chi connectivity index (χ1n) is 9.94. The zero-order valence-electron chi connectivity index (χ0n) is 16.1. The smallest absolute Gasteiger partial charge is 0.274 e. The molecule has 3 aliphatic carbocycles. The summed E-state index contributed by atoms with van der Waals surface area (Å²) in [5.41, 5.74) is 1.20. The second kappa shape index (κ2) is 6.11. The number of hydrogen-bond acceptors (Lipinski definition) is 4. The Morgan fingerprint density at radius 1 is 0.839 bits per heavy atom. The second-order valence-corrected chi connectivity index (χ2v) is 9.08. The third-order valence-corrected chi connectivity index (χ3v) is 7.47. The molecule has 3 aromatic rings. The number of halogens is 1. The van der Waals surface area contributed by atoms with Gasteiger partial charge in [-0.1, -0.05) is 64.5 Å². The summed E-state index contributed by atoms with van der Waals surface area (Å²) >= 11 is 3.36. The fourth-order valence-corrected chi connectivity index (χ4v) is 6.15. The van der Waals surface area contributed by atoms with Crippen LogP contribution in [0.4, 0.5) is 5.69 Å². The Balaban J connectivity index is 1.67. The van der Waals surface area contributed by atoms with Crippen LogP contribution in [-0.4, -0.2) is 16.7 Å². The molecule has 1 aliphatic heterocycles. The number of carbonyl (C=O) groups excluding carboxylic acids is 2. The fourth-order valence-electron chi connectivity index (χ4n) is 5.89. The van der Waals surface area contributed by atoms with Gasteiger partial charge in [-0.2, -0.15) is 0 Å². The van der Waals surface area contributed by atoms with Crippen LogP contribution >= 0.6 is 15.9 Å². The maximum Gasteiger partial charge on any atom is 0.285 e. The summed E-state index contributed by atoms with van der Waals surface area (Å²) in [6, 6.07) is 21.2. The van der Waals surface area contributed by atoms with Gasteiger partial charge in [-0.3, -0.25) is 19.7 Å². The Bertz CT molecular complexity index is 1260. The third-order valence-electron chi connectivity index (χ3n) is 6.95. The monoisotopic (exact) mass is 474 g/mol. The molecular weight excluding hydrogens is 460 g/mol. The Kier molecular flexibility index (Phi) is 3.63. The van der Waals surface area contributed by atoms with Crippen molar-refractivity contribution in [2.75, 3.05) is 4.90 Å². The van der Waals surface area contributed by atoms with Crippen molar-refractivity contribution in [3.8, 4) is 0 Å². The van der Waals surface area contributed by atoms with E-state index in [0.717, 1.165) is 20.5 Å². The molecule has 152 valence electrons. The van der Waals surface area contributed by atoms with Gasteiger partial charge in [-0.05, 0) is 35.4 Å². The van der Waals surface area contributed by atoms with Crippen molar-refractivity contribution in [3.05, 3.63) is 110 Å². The molecule has 7 rings (SSSR count). The highest BCUT2D eigenvalue weighted by Crippen LogP contribution is 2.64. The van der Waals surface area contributed by atoms with Crippen molar-refractivity contribution in [2.45, 2.75) is 11.5 Å². The number of hydrogen-bond donors (Lipinski definition) is 0. The number of rotatable bonds is 2. The molecule has 6 nitrogen and oxygen atoms in total. The quantitative estimate of drug-likeness (QED) is 0.316. The lowest BCUT2D eigenvalue weighted by molar-refractivity contribution is -0.578. The van der Waals surface area contributed by atoms with Crippen LogP contribution in [0.5, 0.6) is 0 Å². The molecule has 0 radical (unpaired) electrons. The van der Waals surface area contributed by atoms with Crippen molar-refractivity contribution in [1.29, 1.82) is 0 Å². The Morgan fingerprint density at radius 3 is 1.94 bits per heavy atom. The first kappa shape index (κ1) is 18.4. The molecule has 2 bridgehead atoms. The molecule has 0 saturated carbocycles. The molecule has 7 heteroatoms. The highest BCUT2D eigenvalue weighted by atomic mass is 79.9. The van der Waals surface area contributed by atoms with Crippen LogP contribution in [0.25, 0.3) is 0 Å². The van der Waals surface area contributed by atoms with Gasteiger partial charge < -0.3 is 0 Å². The van der Waals surface area contributed by atoms with E-state index in [1.165, 1.54) is 0 Å². The van der Waals surface area contributed by atoms with Crippen LogP contribution < -0.4 is 4.90 Å². The number of nitro groups is 1. The number of carbonyl (C=O) groups is 2. The summed E-state index contributed by atoms with van der Waals surface area (Å²) in [6.07, 6.45) is 0. The maximum absolute atomic E-state index is 13.7. The molecule has 0 unspecified atom stereocenters. The van der Waals surface area contributed by atoms with Gasteiger partial charge in [-0.25, -0.2) is 4.90 Å². The summed E-state index contributed by atoms with van der Waals surface area (Å²) in [5.74, 6) is -3.18. The minimum atomic E-state index is -1.79. The SMILES string of the molecule is O=C1[C@@H]2[C@@H](C(=O)N1c1ccc(Br)cc1)C1c3ccccc3C2([N+](=O)[O-])c2ccccc21. The highest BCUT2D eigenvalue weighted by Gasteiger charge is 2.74. The Labute approximate surface area is 185 Å². The molecule has 0 aromatic heterocycles. The molecule has 2 atom stereocenters. The van der Waals surface area contributed by atoms with Crippen LogP contribution in [-0.2, 0) is 15.1 Å². The Hall–Kier alpha value is -3.32. The van der Waals surface area contributed by atoms with Crippen molar-refractivity contribution in [2.24, 2.45) is 11.8 Å². The maximum atomic E-state index is 13.7. The summed E-state index contributed by atoms with van der Waals surface area (Å²) in [5, 5.41) is 12.9. The molecule has 4 aliphatic rings. The van der Waals surface area contributed by atoms with Gasteiger partial charge in [0.25, 0.3) is 5.54 Å². The standard InChI is InChI=1S/C24H15BrN2O4/c25-13-9-11-14(12-10-13)26-22(28)20-19-15-5-1-3-7-17(15)24(27(30)31,21(20)23(26)29)18-8-4-2-6-16(18)19/h1-12,19-21H/t19?,20-,21-,24?/m0/s1. The molecule has 2 amide bonds. The van der Waals surface area contributed by atoms with Gasteiger partial charge in [0.1, 0.15) is 5.92 Å². The van der Waals surface area contributed by atoms with Crippen LogP contribution in [0.2, 0.25) is 0 Å². The highest BCUT2D eigenvalue weighted by molar-refractivity contribution is 9.10. The van der Waals surface area contributed by atoms with E-state index in [4.69, 9.17) is 0 Å². The normalized spacial score (nSPS) is 27.6. The predicted octanol–water partition coefficient (Wildman–Crippen LogP) is 4.23. The molecule has 31 heavy (non-hydrogen) atoms. The lowest BCUT2D eigenvalue weighted by atomic mass is 9.51. The van der Waals surface area contributed by atoms with Gasteiger partial charge in [-0.15, -0.1) is 0 Å². The zero-order valence-corrected chi connectivity index (χ0v) is 17.7. The summed E-state index contributed by atoms with van der Waals surface area (Å²) < 4.78 is 0.814. The van der Waals surface area contributed by atoms with Gasteiger partial charge in [0, 0.05) is 26.4 Å². The molecule has 1 saturated heterocycles. The van der Waals surface area contributed by atoms with Crippen LogP contribution in [0.1, 0.15) is 28.2 Å². The first-order chi connectivity index (χ1) is 15.0. The van der Waals surface area contributed by atoms with Crippen molar-refractivity contribution in [3.63, 3.8) is 0 Å². The van der Waals surface area contributed by atoms with Gasteiger partial charge in [0.05, 0.1) is 11.6 Å². The molecular formula is C24H15BrN2O4. The first-order valence-corrected chi connectivity index (χ1v) is 10.7. The van der Waals surface area contributed by atoms with Crippen LogP contribution in [0.3, 0.4) is 0 Å². The van der Waals surface area contributed by atoms with E-state index in [-0.39, 0.29) is 10.8 Å². The van der Waals surface area contributed by atoms with E-state index in [0.29, 0.717) is 16.8 Å². The molecule has 0 N–H and O–H groups in total. The predicted molar refractivity (Wildman–Crippen MR) is 116 cm³/mol. The zero-order chi connectivity index (χ0) is 21.5. The Morgan fingerprint density at radius 2 is 1.39 bits per heavy atom. The summed E-state index contributed by atoms with van der Waals surface area (Å²) in [4.78, 5) is 41.1. The van der Waals surface area contributed by atoms with E-state index >= 15 is 0 Å². The van der Waals surface area contributed by atoms with E-state index < -0.39 is 29.2 Å². The average Bonchev–Trinajstić information content (AvgIpc) is 3.05. The minimum absolute atomic E-state index is 0.353. The fraction of sp³-hybridized carbons (Fsp3) is 0.167. The topological polar surface area (TPSA) is 80.5 Å². The van der Waals surface area contributed by atoms with E-state index in [1.54, 1.807) is 48.5 Å². The van der Waals surface area contributed by atoms with Gasteiger partial charge >= 0.3 is 0 Å².